The third-order valence-electron chi connectivity index (χ3n) is 6.55. The number of hydrazone groups is 1. The minimum Gasteiger partial charge on any atom is -0.508 e. The Balaban J connectivity index is 1.52. The van der Waals surface area contributed by atoms with Crippen LogP contribution in [0, 0.1) is 20.8 Å². The average Bonchev–Trinajstić information content (AvgIpc) is 3.37. The van der Waals surface area contributed by atoms with Crippen LogP contribution < -0.4 is 5.43 Å². The Morgan fingerprint density at radius 2 is 1.84 bits per heavy atom. The summed E-state index contributed by atoms with van der Waals surface area (Å²) in [5, 5.41) is 23.3. The molecule has 1 atom stereocenters. The van der Waals surface area contributed by atoms with Crippen molar-refractivity contribution < 1.29 is 9.90 Å². The van der Waals surface area contributed by atoms with Gasteiger partial charge in [0.25, 0.3) is 0 Å². The number of aromatic nitrogens is 3. The van der Waals surface area contributed by atoms with Crippen LogP contribution in [0.5, 0.6) is 5.75 Å². The maximum absolute atomic E-state index is 13.0. The zero-order valence-electron chi connectivity index (χ0n) is 21.2. The van der Waals surface area contributed by atoms with Crippen LogP contribution in [0.25, 0.3) is 5.00 Å². The maximum Gasteiger partial charge on any atom is 0.242 e. The zero-order valence-corrected chi connectivity index (χ0v) is 22.0. The highest BCUT2D eigenvalue weighted by molar-refractivity contribution is 7.15. The van der Waals surface area contributed by atoms with Crippen LogP contribution in [0.3, 0.4) is 0 Å². The van der Waals surface area contributed by atoms with Crippen LogP contribution in [-0.2, 0) is 11.2 Å². The van der Waals surface area contributed by atoms with Crippen molar-refractivity contribution in [3.8, 4) is 10.8 Å². The zero-order chi connectivity index (χ0) is 26.1. The molecule has 1 aliphatic rings. The molecule has 8 nitrogen and oxygen atoms in total. The van der Waals surface area contributed by atoms with E-state index in [-0.39, 0.29) is 18.1 Å². The number of aryl methyl sites for hydroxylation is 3. The molecule has 188 valence electrons. The van der Waals surface area contributed by atoms with E-state index >= 15 is 0 Å². The lowest BCUT2D eigenvalue weighted by molar-refractivity contribution is -0.121. The Morgan fingerprint density at radius 3 is 2.54 bits per heavy atom. The van der Waals surface area contributed by atoms with Gasteiger partial charge in [-0.1, -0.05) is 31.2 Å². The summed E-state index contributed by atoms with van der Waals surface area (Å²) in [7, 11) is 0. The number of carbonyl (C=O) groups is 1. The van der Waals surface area contributed by atoms with E-state index in [9.17, 15) is 9.90 Å². The van der Waals surface area contributed by atoms with Gasteiger partial charge in [-0.2, -0.15) is 5.10 Å². The number of hydrogen-bond donors (Lipinski definition) is 2. The van der Waals surface area contributed by atoms with Gasteiger partial charge in [0.15, 0.2) is 5.82 Å². The lowest BCUT2D eigenvalue weighted by Crippen LogP contribution is -2.21. The number of phenolic OH excluding ortho intramolecular Hbond substituents is 1. The first kappa shape index (κ1) is 24.6. The highest BCUT2D eigenvalue weighted by atomic mass is 32.1. The molecule has 2 N–H and O–H groups in total. The number of nitrogens with zero attached hydrogens (tertiary/aromatic N) is 5. The summed E-state index contributed by atoms with van der Waals surface area (Å²) in [6.45, 7) is 8.29. The number of fused-ring (bicyclic) bond motifs is 3. The number of carbonyl (C=O) groups excluding carboxylic acids is 1. The third-order valence-corrected chi connectivity index (χ3v) is 7.74. The van der Waals surface area contributed by atoms with Gasteiger partial charge in [0, 0.05) is 16.0 Å². The van der Waals surface area contributed by atoms with Gasteiger partial charge in [0.2, 0.25) is 5.91 Å². The van der Waals surface area contributed by atoms with E-state index in [4.69, 9.17) is 4.99 Å². The molecule has 2 aromatic carbocycles. The predicted molar refractivity (Wildman–Crippen MR) is 146 cm³/mol. The monoisotopic (exact) mass is 512 g/mol. The van der Waals surface area contributed by atoms with Gasteiger partial charge in [-0.15, -0.1) is 21.5 Å². The maximum atomic E-state index is 13.0. The molecular formula is C28H28N6O2S. The van der Waals surface area contributed by atoms with Crippen LogP contribution in [0.2, 0.25) is 0 Å². The molecule has 0 spiro atoms. The van der Waals surface area contributed by atoms with Gasteiger partial charge in [-0.25, -0.2) is 5.43 Å². The molecule has 1 amide bonds. The number of aliphatic imine (C=N–C) groups is 1. The Morgan fingerprint density at radius 1 is 1.11 bits per heavy atom. The van der Waals surface area contributed by atoms with Crippen LogP contribution in [0.1, 0.15) is 63.7 Å². The van der Waals surface area contributed by atoms with E-state index < -0.39 is 6.04 Å². The van der Waals surface area contributed by atoms with Gasteiger partial charge in [0.05, 0.1) is 18.3 Å². The molecule has 4 aromatic rings. The Labute approximate surface area is 219 Å². The lowest BCUT2D eigenvalue weighted by atomic mass is 9.98. The molecule has 3 heterocycles. The summed E-state index contributed by atoms with van der Waals surface area (Å²) in [6, 6.07) is 14.5. The van der Waals surface area contributed by atoms with Crippen LogP contribution >= 0.6 is 11.3 Å². The molecule has 0 radical (unpaired) electrons. The first-order chi connectivity index (χ1) is 17.9. The molecule has 0 unspecified atom stereocenters. The van der Waals surface area contributed by atoms with E-state index in [1.165, 1.54) is 22.2 Å². The fourth-order valence-electron chi connectivity index (χ4n) is 4.38. The highest BCUT2D eigenvalue weighted by Gasteiger charge is 2.32. The highest BCUT2D eigenvalue weighted by Crippen LogP contribution is 2.39. The second kappa shape index (κ2) is 10.1. The smallest absolute Gasteiger partial charge is 0.242 e. The van der Waals surface area contributed by atoms with Crippen molar-refractivity contribution >= 4 is 29.2 Å². The molecule has 1 aliphatic heterocycles. The summed E-state index contributed by atoms with van der Waals surface area (Å²) >= 11 is 1.69. The topological polar surface area (TPSA) is 105 Å². The van der Waals surface area contributed by atoms with Crippen molar-refractivity contribution in [2.24, 2.45) is 10.1 Å². The summed E-state index contributed by atoms with van der Waals surface area (Å²) in [4.78, 5) is 19.3. The molecule has 2 aromatic heterocycles. The SMILES string of the molecule is CCc1ccc(C2=N[C@@H](CC(=O)N/N=C/c3ccc(O)cc3)c3nnc(C)n3-c3sc(C)c(C)c32)cc1. The molecule has 5 rings (SSSR count). The number of aromatic hydroxyl groups is 1. The minimum atomic E-state index is -0.537. The number of nitrogens with one attached hydrogen (secondary N) is 1. The third kappa shape index (κ3) is 4.82. The molecular weight excluding hydrogens is 484 g/mol. The quantitative estimate of drug-likeness (QED) is 0.282. The Bertz CT molecular complexity index is 1510. The summed E-state index contributed by atoms with van der Waals surface area (Å²) < 4.78 is 2.04. The van der Waals surface area contributed by atoms with Gasteiger partial charge in [-0.3, -0.25) is 14.4 Å². The van der Waals surface area contributed by atoms with Crippen LogP contribution in [0.4, 0.5) is 0 Å². The normalized spacial score (nSPS) is 14.7. The van der Waals surface area contributed by atoms with Crippen molar-refractivity contribution in [1.29, 1.82) is 0 Å². The number of amides is 1. The van der Waals surface area contributed by atoms with E-state index in [1.807, 2.05) is 11.5 Å². The van der Waals surface area contributed by atoms with E-state index in [2.05, 4.69) is 65.8 Å². The number of benzene rings is 2. The van der Waals surface area contributed by atoms with E-state index in [1.54, 1.807) is 35.6 Å². The minimum absolute atomic E-state index is 0.0641. The molecule has 0 saturated heterocycles. The second-order valence-electron chi connectivity index (χ2n) is 9.04. The molecule has 9 heteroatoms. The van der Waals surface area contributed by atoms with Crippen molar-refractivity contribution in [1.82, 2.24) is 20.2 Å². The van der Waals surface area contributed by atoms with Crippen molar-refractivity contribution in [2.45, 2.75) is 46.6 Å². The van der Waals surface area contributed by atoms with Crippen LogP contribution in [-0.4, -0.2) is 37.7 Å². The first-order valence-corrected chi connectivity index (χ1v) is 13.0. The number of thiophene rings is 1. The largest absolute Gasteiger partial charge is 0.508 e. The van der Waals surface area contributed by atoms with Crippen LogP contribution in [0.15, 0.2) is 58.6 Å². The second-order valence-corrected chi connectivity index (χ2v) is 10.2. The van der Waals surface area contributed by atoms with E-state index in [0.29, 0.717) is 5.82 Å². The molecule has 0 saturated carbocycles. The summed E-state index contributed by atoms with van der Waals surface area (Å²) in [5.41, 5.74) is 8.70. The van der Waals surface area contributed by atoms with Crippen molar-refractivity contribution in [2.75, 3.05) is 0 Å². The first-order valence-electron chi connectivity index (χ1n) is 12.2. The number of hydrogen-bond acceptors (Lipinski definition) is 7. The van der Waals surface area contributed by atoms with Gasteiger partial charge in [0.1, 0.15) is 22.6 Å². The summed E-state index contributed by atoms with van der Waals surface area (Å²) in [6.07, 6.45) is 2.56. The van der Waals surface area contributed by atoms with Crippen molar-refractivity contribution in [3.05, 3.63) is 92.9 Å². The number of rotatable bonds is 6. The lowest BCUT2D eigenvalue weighted by Gasteiger charge is -2.12. The average molecular weight is 513 g/mol. The fraction of sp³-hybridized carbons (Fsp3) is 0.250. The van der Waals surface area contributed by atoms with Crippen molar-refractivity contribution in [3.63, 3.8) is 0 Å². The number of phenols is 1. The molecule has 0 bridgehead atoms. The standard InChI is InChI=1S/C28H28N6O2S/c1-5-19-6-10-21(11-7-19)26-25-16(2)17(3)37-28(25)34-18(4)31-33-27(34)23(30-26)14-24(36)32-29-15-20-8-12-22(35)13-9-20/h6-13,15,23,35H,5,14H2,1-4H3,(H,32,36)/b29-15+/t23-/m0/s1. The van der Waals surface area contributed by atoms with Gasteiger partial charge >= 0.3 is 0 Å². The predicted octanol–water partition coefficient (Wildman–Crippen LogP) is 4.95. The Kier molecular flexibility index (Phi) is 6.71. The Hall–Kier alpha value is -4.11. The molecule has 0 aliphatic carbocycles. The fourth-order valence-corrected chi connectivity index (χ4v) is 5.60. The molecule has 37 heavy (non-hydrogen) atoms. The summed E-state index contributed by atoms with van der Waals surface area (Å²) in [5.74, 6) is 1.28. The van der Waals surface area contributed by atoms with Gasteiger partial charge in [-0.05, 0) is 68.1 Å². The molecule has 0 fully saturated rings. The van der Waals surface area contributed by atoms with Gasteiger partial charge < -0.3 is 5.11 Å². The van der Waals surface area contributed by atoms with E-state index in [0.717, 1.165) is 39.6 Å².